The van der Waals surface area contributed by atoms with E-state index in [0.29, 0.717) is 18.3 Å². The van der Waals surface area contributed by atoms with Gasteiger partial charge in [-0.2, -0.15) is 0 Å². The number of fused-ring (bicyclic) bond motifs is 5. The quantitative estimate of drug-likeness (QED) is 0.231. The lowest BCUT2D eigenvalue weighted by Crippen LogP contribution is -2.67. The number of aliphatic hydroxyl groups is 6. The van der Waals surface area contributed by atoms with Gasteiger partial charge >= 0.3 is 0 Å². The second-order valence-corrected chi connectivity index (χ2v) is 17.3. The zero-order valence-corrected chi connectivity index (χ0v) is 28.5. The summed E-state index contributed by atoms with van der Waals surface area (Å²) in [5.41, 5.74) is 0.171. The van der Waals surface area contributed by atoms with Gasteiger partial charge in [0.25, 0.3) is 0 Å². The molecule has 5 fully saturated rings. The predicted molar refractivity (Wildman–Crippen MR) is 168 cm³/mol. The molecule has 7 unspecified atom stereocenters. The molecule has 4 saturated carbocycles. The third kappa shape index (κ3) is 5.17. The second-order valence-electron chi connectivity index (χ2n) is 17.3. The average molecular weight is 623 g/mol. The molecule has 0 aromatic rings. The molecular weight excluding hydrogens is 560 g/mol. The average Bonchev–Trinajstić information content (AvgIpc) is 3.33. The van der Waals surface area contributed by atoms with Crippen LogP contribution in [0.15, 0.2) is 11.6 Å². The van der Waals surface area contributed by atoms with Gasteiger partial charge in [-0.1, -0.05) is 46.3 Å². The minimum absolute atomic E-state index is 0.0131. The van der Waals surface area contributed by atoms with Crippen molar-refractivity contribution in [3.8, 4) is 0 Å². The maximum absolute atomic E-state index is 12.2. The number of allylic oxidation sites excluding steroid dienone is 2. The number of aliphatic hydroxyl groups excluding tert-OH is 6. The second kappa shape index (κ2) is 11.8. The van der Waals surface area contributed by atoms with Crippen LogP contribution in [0.3, 0.4) is 0 Å². The summed E-state index contributed by atoms with van der Waals surface area (Å²) in [6, 6.07) is 0. The van der Waals surface area contributed by atoms with Crippen molar-refractivity contribution in [1.29, 1.82) is 0 Å². The number of rotatable bonds is 7. The van der Waals surface area contributed by atoms with Crippen molar-refractivity contribution in [3.63, 3.8) is 0 Å². The smallest absolute Gasteiger partial charge is 0.187 e. The van der Waals surface area contributed by atoms with Crippen molar-refractivity contribution < 1.29 is 40.1 Å². The lowest BCUT2D eigenvalue weighted by atomic mass is 9.35. The summed E-state index contributed by atoms with van der Waals surface area (Å²) in [6.07, 6.45) is 2.60. The Kier molecular flexibility index (Phi) is 9.35. The van der Waals surface area contributed by atoms with Crippen molar-refractivity contribution in [2.75, 3.05) is 6.61 Å². The first-order valence-electron chi connectivity index (χ1n) is 17.3. The Labute approximate surface area is 265 Å². The summed E-state index contributed by atoms with van der Waals surface area (Å²) < 4.78 is 12.6. The summed E-state index contributed by atoms with van der Waals surface area (Å²) in [5, 5.41) is 65.0. The van der Waals surface area contributed by atoms with Crippen LogP contribution in [-0.2, 0) is 9.47 Å². The molecule has 1 heterocycles. The highest BCUT2D eigenvalue weighted by molar-refractivity contribution is 5.20. The van der Waals surface area contributed by atoms with E-state index in [0.717, 1.165) is 51.4 Å². The third-order valence-corrected chi connectivity index (χ3v) is 14.6. The minimum Gasteiger partial charge on any atom is -0.394 e. The minimum atomic E-state index is -1.50. The van der Waals surface area contributed by atoms with Gasteiger partial charge in [0.2, 0.25) is 0 Å². The molecule has 0 amide bonds. The Hall–Kier alpha value is -0.580. The summed E-state index contributed by atoms with van der Waals surface area (Å²) in [4.78, 5) is 0. The molecule has 4 aliphatic carbocycles. The Morgan fingerprint density at radius 1 is 0.864 bits per heavy atom. The first-order chi connectivity index (χ1) is 20.4. The fourth-order valence-electron chi connectivity index (χ4n) is 11.8. The van der Waals surface area contributed by atoms with Gasteiger partial charge in [-0.25, -0.2) is 0 Å². The van der Waals surface area contributed by atoms with E-state index in [1.807, 2.05) is 0 Å². The molecule has 0 aromatic heterocycles. The van der Waals surface area contributed by atoms with Crippen LogP contribution in [0.5, 0.6) is 0 Å². The zero-order chi connectivity index (χ0) is 32.6. The molecular formula is C36H62O8. The van der Waals surface area contributed by atoms with Gasteiger partial charge in [0, 0.05) is 0 Å². The molecule has 0 aromatic carbocycles. The summed E-state index contributed by atoms with van der Waals surface area (Å²) in [6.45, 7) is 17.5. The molecule has 44 heavy (non-hydrogen) atoms. The van der Waals surface area contributed by atoms with E-state index in [9.17, 15) is 30.6 Å². The predicted octanol–water partition coefficient (Wildman–Crippen LogP) is 4.32. The fraction of sp³-hybridized carbons (Fsp3) is 0.944. The third-order valence-electron chi connectivity index (χ3n) is 14.6. The molecule has 1 saturated heterocycles. The summed E-state index contributed by atoms with van der Waals surface area (Å²) in [7, 11) is 0. The van der Waals surface area contributed by atoms with Gasteiger partial charge in [0.05, 0.1) is 24.4 Å². The van der Waals surface area contributed by atoms with E-state index in [1.165, 1.54) is 5.57 Å². The van der Waals surface area contributed by atoms with Crippen molar-refractivity contribution in [3.05, 3.63) is 11.6 Å². The Bertz CT molecular complexity index is 1070. The number of hydrogen-bond donors (Lipinski definition) is 6. The largest absolute Gasteiger partial charge is 0.394 e. The van der Waals surface area contributed by atoms with Crippen LogP contribution in [0.4, 0.5) is 0 Å². The Morgan fingerprint density at radius 2 is 1.52 bits per heavy atom. The van der Waals surface area contributed by atoms with Crippen LogP contribution in [0, 0.1) is 45.3 Å². The molecule has 0 radical (unpaired) electrons. The van der Waals surface area contributed by atoms with Crippen LogP contribution in [-0.4, -0.2) is 85.8 Å². The molecule has 6 N–H and O–H groups in total. The Balaban J connectivity index is 1.49. The van der Waals surface area contributed by atoms with Gasteiger partial charge in [0.1, 0.15) is 24.4 Å². The van der Waals surface area contributed by atoms with Crippen molar-refractivity contribution in [2.24, 2.45) is 45.3 Å². The first kappa shape index (κ1) is 34.7. The van der Waals surface area contributed by atoms with Gasteiger partial charge in [-0.05, 0) is 124 Å². The molecule has 5 aliphatic rings. The van der Waals surface area contributed by atoms with Gasteiger partial charge in [0.15, 0.2) is 6.29 Å². The molecule has 0 bridgehead atoms. The standard InChI is InChI=1S/C36H62O8/c1-20(2)10-9-14-36(8,44-31-30(42)29(41)28(40)23(19-37)43-31)21-11-16-35(7)27(21)22(38)18-25-33(5)15-13-26(39)32(3,4)24(33)12-17-34(25,35)6/h10,21-31,37-42H,9,11-19H2,1-8H3/t21-,22?,23?,24+,25-,26?,27-,28?,29?,30?,31?,33+,34+,35+,36+/m1/s1. The van der Waals surface area contributed by atoms with Crippen molar-refractivity contribution in [1.82, 2.24) is 0 Å². The normalized spacial score (nSPS) is 51.5. The van der Waals surface area contributed by atoms with E-state index >= 15 is 0 Å². The van der Waals surface area contributed by atoms with Gasteiger partial charge in [-0.3, -0.25) is 0 Å². The molecule has 254 valence electrons. The van der Waals surface area contributed by atoms with E-state index in [2.05, 4.69) is 61.5 Å². The highest BCUT2D eigenvalue weighted by atomic mass is 16.7. The zero-order valence-electron chi connectivity index (χ0n) is 28.5. The molecule has 15 atom stereocenters. The van der Waals surface area contributed by atoms with Crippen LogP contribution >= 0.6 is 0 Å². The van der Waals surface area contributed by atoms with Crippen molar-refractivity contribution in [2.45, 2.75) is 162 Å². The van der Waals surface area contributed by atoms with E-state index in [1.54, 1.807) is 0 Å². The van der Waals surface area contributed by atoms with Crippen LogP contribution in [0.1, 0.15) is 113 Å². The topological polar surface area (TPSA) is 140 Å². The molecule has 0 spiro atoms. The first-order valence-corrected chi connectivity index (χ1v) is 17.3. The maximum Gasteiger partial charge on any atom is 0.187 e. The molecule has 8 heteroatoms. The van der Waals surface area contributed by atoms with Gasteiger partial charge in [-0.15, -0.1) is 0 Å². The lowest BCUT2D eigenvalue weighted by Gasteiger charge is -2.70. The number of hydrogen-bond acceptors (Lipinski definition) is 8. The van der Waals surface area contributed by atoms with Crippen LogP contribution in [0.2, 0.25) is 0 Å². The monoisotopic (exact) mass is 622 g/mol. The Morgan fingerprint density at radius 3 is 2.16 bits per heavy atom. The molecule has 1 aliphatic heterocycles. The van der Waals surface area contributed by atoms with E-state index in [-0.39, 0.29) is 39.6 Å². The maximum atomic E-state index is 12.2. The highest BCUT2D eigenvalue weighted by Crippen LogP contribution is 2.76. The fourth-order valence-corrected chi connectivity index (χ4v) is 11.8. The highest BCUT2D eigenvalue weighted by Gasteiger charge is 2.71. The molecule has 5 rings (SSSR count). The lowest BCUT2D eigenvalue weighted by molar-refractivity contribution is -0.336. The van der Waals surface area contributed by atoms with Crippen LogP contribution in [0.25, 0.3) is 0 Å². The van der Waals surface area contributed by atoms with E-state index < -0.39 is 49.0 Å². The SMILES string of the molecule is CC(C)=CCC[C@](C)(OC1OC(CO)C(O)C(O)C1O)[C@@H]1CC[C@@]2(C)[C@H]1C(O)C[C@@H]1[C@@]3(C)CCC(O)C(C)(C)[C@@H]3CC[C@@]12C. The van der Waals surface area contributed by atoms with Crippen molar-refractivity contribution >= 4 is 0 Å². The van der Waals surface area contributed by atoms with E-state index in [4.69, 9.17) is 9.47 Å². The molecule has 8 nitrogen and oxygen atoms in total. The van der Waals surface area contributed by atoms with Gasteiger partial charge < -0.3 is 40.1 Å². The number of ether oxygens (including phenoxy) is 2. The summed E-state index contributed by atoms with van der Waals surface area (Å²) in [5.74, 6) is 0.713. The summed E-state index contributed by atoms with van der Waals surface area (Å²) >= 11 is 0. The van der Waals surface area contributed by atoms with Crippen LogP contribution < -0.4 is 0 Å².